The summed E-state index contributed by atoms with van der Waals surface area (Å²) in [5, 5.41) is 16.8. The molecule has 0 atom stereocenters. The molecule has 0 spiro atoms. The quantitative estimate of drug-likeness (QED) is 0.549. The molecule has 1 aromatic rings. The molecule has 14 heavy (non-hydrogen) atoms. The summed E-state index contributed by atoms with van der Waals surface area (Å²) in [7, 11) is 0. The van der Waals surface area contributed by atoms with Gasteiger partial charge in [0.25, 0.3) is 0 Å². The second-order valence-electron chi connectivity index (χ2n) is 3.73. The Hall–Kier alpha value is -1.43. The van der Waals surface area contributed by atoms with Crippen LogP contribution in [0.1, 0.15) is 24.8 Å². The number of H-pyrrole nitrogens is 1. The fraction of sp³-hybridized carbons (Fsp3) is 0.625. The van der Waals surface area contributed by atoms with Crippen molar-refractivity contribution in [1.82, 2.24) is 10.2 Å². The molecule has 2 rings (SSSR count). The van der Waals surface area contributed by atoms with Crippen molar-refractivity contribution in [2.45, 2.75) is 24.7 Å². The number of hydrogen-bond donors (Lipinski definition) is 2. The topological polar surface area (TPSA) is 97.8 Å². The second-order valence-corrected chi connectivity index (χ2v) is 3.73. The summed E-state index contributed by atoms with van der Waals surface area (Å²) in [6, 6.07) is 0. The zero-order valence-electron chi connectivity index (χ0n) is 7.69. The van der Waals surface area contributed by atoms with E-state index in [4.69, 9.17) is 5.73 Å². The first-order valence-corrected chi connectivity index (χ1v) is 4.58. The molecular weight excluding hydrogens is 184 g/mol. The maximum atomic E-state index is 10.7. The van der Waals surface area contributed by atoms with Crippen LogP contribution in [0.3, 0.4) is 0 Å². The van der Waals surface area contributed by atoms with Crippen LogP contribution < -0.4 is 5.73 Å². The molecule has 0 aliphatic heterocycles. The molecule has 3 N–H and O–H groups in total. The van der Waals surface area contributed by atoms with Gasteiger partial charge in [0.2, 0.25) is 0 Å². The summed E-state index contributed by atoms with van der Waals surface area (Å²) in [5.74, 6) is -0.00449. The van der Waals surface area contributed by atoms with E-state index in [1.54, 1.807) is 0 Å². The highest BCUT2D eigenvalue weighted by atomic mass is 16.6. The van der Waals surface area contributed by atoms with E-state index in [1.165, 1.54) is 6.20 Å². The molecule has 0 amide bonds. The smallest absolute Gasteiger partial charge is 0.346 e. The molecule has 1 aromatic heterocycles. The van der Waals surface area contributed by atoms with E-state index in [9.17, 15) is 10.1 Å². The largest absolute Gasteiger partial charge is 0.358 e. The zero-order valence-corrected chi connectivity index (χ0v) is 7.69. The van der Waals surface area contributed by atoms with Crippen molar-refractivity contribution in [2.75, 3.05) is 6.54 Å². The van der Waals surface area contributed by atoms with E-state index < -0.39 is 4.92 Å². The third-order valence-corrected chi connectivity index (χ3v) is 3.07. The van der Waals surface area contributed by atoms with Crippen LogP contribution in [0.4, 0.5) is 5.82 Å². The average Bonchev–Trinajstić information content (AvgIpc) is 2.52. The number of nitrogens with one attached hydrogen (secondary N) is 1. The Labute approximate surface area is 80.6 Å². The van der Waals surface area contributed by atoms with Crippen molar-refractivity contribution in [2.24, 2.45) is 5.73 Å². The van der Waals surface area contributed by atoms with Gasteiger partial charge in [0.15, 0.2) is 0 Å². The van der Waals surface area contributed by atoms with Gasteiger partial charge in [-0.2, -0.15) is 0 Å². The molecule has 0 saturated heterocycles. The van der Waals surface area contributed by atoms with Crippen LogP contribution in [-0.2, 0) is 5.41 Å². The van der Waals surface area contributed by atoms with Gasteiger partial charge in [-0.05, 0) is 17.8 Å². The first-order chi connectivity index (χ1) is 6.69. The maximum absolute atomic E-state index is 10.7. The second kappa shape index (κ2) is 3.06. The highest BCUT2D eigenvalue weighted by molar-refractivity contribution is 5.39. The van der Waals surface area contributed by atoms with Crippen LogP contribution in [0, 0.1) is 10.1 Å². The highest BCUT2D eigenvalue weighted by Gasteiger charge is 2.42. The lowest BCUT2D eigenvalue weighted by Crippen LogP contribution is -2.41. The van der Waals surface area contributed by atoms with Crippen molar-refractivity contribution in [3.63, 3.8) is 0 Å². The minimum absolute atomic E-state index is 0.00449. The maximum Gasteiger partial charge on any atom is 0.346 e. The van der Waals surface area contributed by atoms with E-state index in [2.05, 4.69) is 10.2 Å². The van der Waals surface area contributed by atoms with Crippen LogP contribution in [0.2, 0.25) is 0 Å². The van der Waals surface area contributed by atoms with Crippen LogP contribution >= 0.6 is 0 Å². The monoisotopic (exact) mass is 196 g/mol. The van der Waals surface area contributed by atoms with E-state index in [1.807, 2.05) is 0 Å². The number of aromatic nitrogens is 2. The van der Waals surface area contributed by atoms with Crippen molar-refractivity contribution < 1.29 is 4.92 Å². The van der Waals surface area contributed by atoms with Gasteiger partial charge in [-0.1, -0.05) is 11.5 Å². The molecule has 1 aliphatic carbocycles. The van der Waals surface area contributed by atoms with Gasteiger partial charge in [-0.25, -0.2) is 0 Å². The summed E-state index contributed by atoms with van der Waals surface area (Å²) < 4.78 is 0. The van der Waals surface area contributed by atoms with Gasteiger partial charge >= 0.3 is 5.82 Å². The predicted octanol–water partition coefficient (Wildman–Crippen LogP) is 0.698. The summed E-state index contributed by atoms with van der Waals surface area (Å²) >= 11 is 0. The van der Waals surface area contributed by atoms with Gasteiger partial charge in [0.1, 0.15) is 0 Å². The molecule has 1 fully saturated rings. The highest BCUT2D eigenvalue weighted by Crippen LogP contribution is 2.45. The Bertz CT molecular complexity index is 350. The van der Waals surface area contributed by atoms with Gasteiger partial charge in [0, 0.05) is 12.0 Å². The lowest BCUT2D eigenvalue weighted by molar-refractivity contribution is -0.390. The Balaban J connectivity index is 2.39. The first-order valence-electron chi connectivity index (χ1n) is 4.58. The Morgan fingerprint density at radius 1 is 1.71 bits per heavy atom. The van der Waals surface area contributed by atoms with Crippen molar-refractivity contribution in [3.05, 3.63) is 21.9 Å². The number of nitrogens with two attached hydrogens (primary N) is 1. The Morgan fingerprint density at radius 2 is 2.43 bits per heavy atom. The van der Waals surface area contributed by atoms with E-state index in [0.29, 0.717) is 12.1 Å². The van der Waals surface area contributed by atoms with Gasteiger partial charge in [-0.15, -0.1) is 5.10 Å². The summed E-state index contributed by atoms with van der Waals surface area (Å²) in [6.45, 7) is 0.452. The minimum Gasteiger partial charge on any atom is -0.358 e. The fourth-order valence-electron chi connectivity index (χ4n) is 1.99. The van der Waals surface area contributed by atoms with E-state index in [-0.39, 0.29) is 11.2 Å². The Kier molecular flexibility index (Phi) is 1.99. The summed E-state index contributed by atoms with van der Waals surface area (Å²) in [5.41, 5.74) is 6.13. The normalized spacial score (nSPS) is 18.9. The SMILES string of the molecule is NCC1(c2cn[nH]c2[N+](=O)[O-])CCC1. The third kappa shape index (κ3) is 1.11. The number of aromatic amines is 1. The van der Waals surface area contributed by atoms with Gasteiger partial charge in [-0.3, -0.25) is 0 Å². The molecule has 1 heterocycles. The molecule has 0 aromatic carbocycles. The molecule has 0 bridgehead atoms. The third-order valence-electron chi connectivity index (χ3n) is 3.07. The van der Waals surface area contributed by atoms with Crippen LogP contribution in [0.5, 0.6) is 0 Å². The molecule has 6 nitrogen and oxygen atoms in total. The number of hydrogen-bond acceptors (Lipinski definition) is 4. The van der Waals surface area contributed by atoms with Crippen molar-refractivity contribution in [1.29, 1.82) is 0 Å². The van der Waals surface area contributed by atoms with Crippen LogP contribution in [0.15, 0.2) is 6.20 Å². The number of rotatable bonds is 3. The summed E-state index contributed by atoms with van der Waals surface area (Å²) in [4.78, 5) is 10.2. The first kappa shape index (κ1) is 9.14. The number of nitro groups is 1. The fourth-order valence-corrected chi connectivity index (χ4v) is 1.99. The van der Waals surface area contributed by atoms with Crippen LogP contribution in [-0.4, -0.2) is 21.7 Å². The number of nitrogens with zero attached hydrogens (tertiary/aromatic N) is 2. The van der Waals surface area contributed by atoms with Crippen LogP contribution in [0.25, 0.3) is 0 Å². The molecule has 1 saturated carbocycles. The molecular formula is C8H12N4O2. The molecule has 6 heteroatoms. The van der Waals surface area contributed by atoms with Crippen molar-refractivity contribution in [3.8, 4) is 0 Å². The standard InChI is InChI=1S/C8H12N4O2/c9-5-8(2-1-3-8)6-4-10-11-7(6)12(13)14/h4H,1-3,5,9H2,(H,10,11). The van der Waals surface area contributed by atoms with Gasteiger partial charge in [0.05, 0.1) is 11.8 Å². The van der Waals surface area contributed by atoms with E-state index >= 15 is 0 Å². The zero-order chi connectivity index (χ0) is 10.2. The van der Waals surface area contributed by atoms with E-state index in [0.717, 1.165) is 19.3 Å². The van der Waals surface area contributed by atoms with Gasteiger partial charge < -0.3 is 15.8 Å². The summed E-state index contributed by atoms with van der Waals surface area (Å²) in [6.07, 6.45) is 4.46. The lowest BCUT2D eigenvalue weighted by atomic mass is 9.65. The molecule has 1 aliphatic rings. The lowest BCUT2D eigenvalue weighted by Gasteiger charge is -2.39. The minimum atomic E-state index is -0.432. The average molecular weight is 196 g/mol. The molecule has 76 valence electrons. The molecule has 0 radical (unpaired) electrons. The Morgan fingerprint density at radius 3 is 2.86 bits per heavy atom. The predicted molar refractivity (Wildman–Crippen MR) is 49.8 cm³/mol. The van der Waals surface area contributed by atoms with Crippen molar-refractivity contribution >= 4 is 5.82 Å². The molecule has 0 unspecified atom stereocenters.